The number of rotatable bonds is 7. The lowest BCUT2D eigenvalue weighted by Gasteiger charge is -2.09. The summed E-state index contributed by atoms with van der Waals surface area (Å²) in [5.74, 6) is -0.768. The SMILES string of the molecule is CCn1nccc1CNc1cccc(CCC(=O)O)c1. The maximum Gasteiger partial charge on any atom is 0.303 e. The van der Waals surface area contributed by atoms with Crippen molar-refractivity contribution in [3.05, 3.63) is 47.8 Å². The van der Waals surface area contributed by atoms with Gasteiger partial charge in [-0.2, -0.15) is 5.10 Å². The highest BCUT2D eigenvalue weighted by atomic mass is 16.4. The van der Waals surface area contributed by atoms with Crippen LogP contribution in [0, 0.1) is 0 Å². The summed E-state index contributed by atoms with van der Waals surface area (Å²) in [6, 6.07) is 9.86. The minimum Gasteiger partial charge on any atom is -0.481 e. The van der Waals surface area contributed by atoms with Gasteiger partial charge in [0, 0.05) is 24.8 Å². The van der Waals surface area contributed by atoms with Crippen LogP contribution in [0.5, 0.6) is 0 Å². The molecule has 1 aromatic heterocycles. The number of anilines is 1. The van der Waals surface area contributed by atoms with Crippen LogP contribution >= 0.6 is 0 Å². The summed E-state index contributed by atoms with van der Waals surface area (Å²) < 4.78 is 1.95. The van der Waals surface area contributed by atoms with Crippen LogP contribution in [0.2, 0.25) is 0 Å². The molecule has 0 amide bonds. The van der Waals surface area contributed by atoms with E-state index in [2.05, 4.69) is 17.3 Å². The van der Waals surface area contributed by atoms with Crippen LogP contribution in [0.4, 0.5) is 5.69 Å². The Kier molecular flexibility index (Phi) is 4.76. The summed E-state index contributed by atoms with van der Waals surface area (Å²) in [6.45, 7) is 3.61. The highest BCUT2D eigenvalue weighted by molar-refractivity contribution is 5.67. The molecule has 0 aliphatic carbocycles. The van der Waals surface area contributed by atoms with Gasteiger partial charge < -0.3 is 10.4 Å². The van der Waals surface area contributed by atoms with Crippen LogP contribution in [0.25, 0.3) is 0 Å². The van der Waals surface area contributed by atoms with Gasteiger partial charge in [-0.3, -0.25) is 9.48 Å². The molecular weight excluding hydrogens is 254 g/mol. The molecule has 0 unspecified atom stereocenters. The fourth-order valence-corrected chi connectivity index (χ4v) is 2.08. The molecule has 0 aliphatic heterocycles. The van der Waals surface area contributed by atoms with Gasteiger partial charge >= 0.3 is 5.97 Å². The topological polar surface area (TPSA) is 67.2 Å². The van der Waals surface area contributed by atoms with E-state index in [1.807, 2.05) is 35.0 Å². The molecule has 5 heteroatoms. The standard InChI is InChI=1S/C15H19N3O2/c1-2-18-14(8-9-17-18)11-16-13-5-3-4-12(10-13)6-7-15(19)20/h3-5,8-10,16H,2,6-7,11H2,1H3,(H,19,20). The molecule has 0 bridgehead atoms. The second kappa shape index (κ2) is 6.75. The Labute approximate surface area is 118 Å². The molecule has 106 valence electrons. The molecule has 0 saturated heterocycles. The van der Waals surface area contributed by atoms with Gasteiger partial charge in [-0.15, -0.1) is 0 Å². The van der Waals surface area contributed by atoms with Crippen LogP contribution in [-0.2, 0) is 24.3 Å². The van der Waals surface area contributed by atoms with E-state index in [0.717, 1.165) is 23.5 Å². The number of aryl methyl sites for hydroxylation is 2. The largest absolute Gasteiger partial charge is 0.481 e. The quantitative estimate of drug-likeness (QED) is 0.813. The van der Waals surface area contributed by atoms with Crippen LogP contribution in [-0.4, -0.2) is 20.9 Å². The molecule has 0 fully saturated rings. The molecule has 0 spiro atoms. The highest BCUT2D eigenvalue weighted by Gasteiger charge is 2.02. The van der Waals surface area contributed by atoms with Gasteiger partial charge in [0.25, 0.3) is 0 Å². The first-order valence-corrected chi connectivity index (χ1v) is 6.74. The van der Waals surface area contributed by atoms with Gasteiger partial charge in [0.15, 0.2) is 0 Å². The Bertz CT molecular complexity index is 578. The minimum atomic E-state index is -0.768. The average molecular weight is 273 g/mol. The number of hydrogen-bond donors (Lipinski definition) is 2. The fourth-order valence-electron chi connectivity index (χ4n) is 2.08. The summed E-state index contributed by atoms with van der Waals surface area (Å²) in [5.41, 5.74) is 3.15. The summed E-state index contributed by atoms with van der Waals surface area (Å²) in [7, 11) is 0. The minimum absolute atomic E-state index is 0.159. The lowest BCUT2D eigenvalue weighted by Crippen LogP contribution is -2.08. The molecule has 0 radical (unpaired) electrons. The summed E-state index contributed by atoms with van der Waals surface area (Å²) in [4.78, 5) is 10.6. The van der Waals surface area contributed by atoms with E-state index >= 15 is 0 Å². The first kappa shape index (κ1) is 14.1. The normalized spacial score (nSPS) is 10.4. The van der Waals surface area contributed by atoms with Crippen molar-refractivity contribution in [2.75, 3.05) is 5.32 Å². The van der Waals surface area contributed by atoms with Crippen LogP contribution in [0.3, 0.4) is 0 Å². The van der Waals surface area contributed by atoms with Crippen molar-refractivity contribution >= 4 is 11.7 Å². The number of aliphatic carboxylic acids is 1. The van der Waals surface area contributed by atoms with E-state index in [-0.39, 0.29) is 6.42 Å². The zero-order valence-corrected chi connectivity index (χ0v) is 11.5. The van der Waals surface area contributed by atoms with E-state index in [9.17, 15) is 4.79 Å². The van der Waals surface area contributed by atoms with Crippen molar-refractivity contribution in [2.45, 2.75) is 32.9 Å². The van der Waals surface area contributed by atoms with Crippen molar-refractivity contribution in [2.24, 2.45) is 0 Å². The maximum absolute atomic E-state index is 10.6. The van der Waals surface area contributed by atoms with Crippen molar-refractivity contribution < 1.29 is 9.90 Å². The zero-order valence-electron chi connectivity index (χ0n) is 11.5. The van der Waals surface area contributed by atoms with E-state index in [1.165, 1.54) is 0 Å². The summed E-state index contributed by atoms with van der Waals surface area (Å²) in [6.07, 6.45) is 2.51. The fraction of sp³-hybridized carbons (Fsp3) is 0.333. The molecule has 2 aromatic rings. The number of nitrogens with one attached hydrogen (secondary N) is 1. The van der Waals surface area contributed by atoms with Crippen LogP contribution in [0.15, 0.2) is 36.5 Å². The number of carboxylic acid groups (broad SMARTS) is 1. The first-order chi connectivity index (χ1) is 9.69. The molecular formula is C15H19N3O2. The van der Waals surface area contributed by atoms with Gasteiger partial charge in [0.1, 0.15) is 0 Å². The zero-order chi connectivity index (χ0) is 14.4. The lowest BCUT2D eigenvalue weighted by atomic mass is 10.1. The van der Waals surface area contributed by atoms with E-state index in [0.29, 0.717) is 13.0 Å². The molecule has 20 heavy (non-hydrogen) atoms. The lowest BCUT2D eigenvalue weighted by molar-refractivity contribution is -0.136. The molecule has 0 saturated carbocycles. The number of carbonyl (C=O) groups is 1. The number of benzene rings is 1. The Hall–Kier alpha value is -2.30. The van der Waals surface area contributed by atoms with Crippen LogP contribution < -0.4 is 5.32 Å². The van der Waals surface area contributed by atoms with E-state index in [4.69, 9.17) is 5.11 Å². The van der Waals surface area contributed by atoms with Gasteiger partial charge in [0.05, 0.1) is 12.2 Å². The third-order valence-corrected chi connectivity index (χ3v) is 3.13. The average Bonchev–Trinajstić information content (AvgIpc) is 2.91. The Balaban J connectivity index is 1.96. The number of hydrogen-bond acceptors (Lipinski definition) is 3. The van der Waals surface area contributed by atoms with Gasteiger partial charge in [0.2, 0.25) is 0 Å². The number of nitrogens with zero attached hydrogens (tertiary/aromatic N) is 2. The first-order valence-electron chi connectivity index (χ1n) is 6.74. The predicted octanol–water partition coefficient (Wildman–Crippen LogP) is 2.53. The third kappa shape index (κ3) is 3.85. The molecule has 2 rings (SSSR count). The molecule has 1 heterocycles. The van der Waals surface area contributed by atoms with Crippen molar-refractivity contribution in [3.63, 3.8) is 0 Å². The Morgan fingerprint density at radius 1 is 1.40 bits per heavy atom. The monoisotopic (exact) mass is 273 g/mol. The van der Waals surface area contributed by atoms with Crippen molar-refractivity contribution in [3.8, 4) is 0 Å². The van der Waals surface area contributed by atoms with Crippen molar-refractivity contribution in [1.29, 1.82) is 0 Å². The summed E-state index contributed by atoms with van der Waals surface area (Å²) in [5, 5.41) is 16.3. The smallest absolute Gasteiger partial charge is 0.303 e. The van der Waals surface area contributed by atoms with Gasteiger partial charge in [-0.1, -0.05) is 12.1 Å². The molecule has 0 aliphatic rings. The van der Waals surface area contributed by atoms with Gasteiger partial charge in [-0.05, 0) is 37.1 Å². The molecule has 1 aromatic carbocycles. The molecule has 2 N–H and O–H groups in total. The third-order valence-electron chi connectivity index (χ3n) is 3.13. The van der Waals surface area contributed by atoms with Gasteiger partial charge in [-0.25, -0.2) is 0 Å². The predicted molar refractivity (Wildman–Crippen MR) is 77.6 cm³/mol. The van der Waals surface area contributed by atoms with Crippen molar-refractivity contribution in [1.82, 2.24) is 9.78 Å². The number of aromatic nitrogens is 2. The highest BCUT2D eigenvalue weighted by Crippen LogP contribution is 2.13. The second-order valence-electron chi connectivity index (χ2n) is 4.59. The van der Waals surface area contributed by atoms with Crippen LogP contribution in [0.1, 0.15) is 24.6 Å². The number of carboxylic acids is 1. The van der Waals surface area contributed by atoms with E-state index in [1.54, 1.807) is 6.20 Å². The summed E-state index contributed by atoms with van der Waals surface area (Å²) >= 11 is 0. The maximum atomic E-state index is 10.6. The molecule has 0 atom stereocenters. The van der Waals surface area contributed by atoms with E-state index < -0.39 is 5.97 Å². The Morgan fingerprint density at radius 2 is 2.25 bits per heavy atom. The Morgan fingerprint density at radius 3 is 3.00 bits per heavy atom. The second-order valence-corrected chi connectivity index (χ2v) is 4.59. The molecule has 5 nitrogen and oxygen atoms in total.